The van der Waals surface area contributed by atoms with Crippen LogP contribution < -0.4 is 0 Å². The summed E-state index contributed by atoms with van der Waals surface area (Å²) in [5.41, 5.74) is 0.167. The summed E-state index contributed by atoms with van der Waals surface area (Å²) in [4.78, 5) is 13.6. The molecule has 1 atom stereocenters. The van der Waals surface area contributed by atoms with Crippen molar-refractivity contribution in [3.05, 3.63) is 47.3 Å². The number of alkyl halides is 4. The fourth-order valence-corrected chi connectivity index (χ4v) is 3.75. The van der Waals surface area contributed by atoms with Crippen LogP contribution >= 0.6 is 0 Å². The molecule has 4 rings (SSSR count). The van der Waals surface area contributed by atoms with Crippen molar-refractivity contribution in [1.82, 2.24) is 20.3 Å². The largest absolute Gasteiger partial charge is 0.398 e. The zero-order valence-electron chi connectivity index (χ0n) is 15.0. The Labute approximate surface area is 159 Å². The molecule has 28 heavy (non-hydrogen) atoms. The third-order valence-corrected chi connectivity index (χ3v) is 5.82. The number of H-pyrrole nitrogens is 1. The highest BCUT2D eigenvalue weighted by molar-refractivity contribution is 5.81. The highest BCUT2D eigenvalue weighted by atomic mass is 19.4. The molecule has 2 heterocycles. The van der Waals surface area contributed by atoms with Crippen molar-refractivity contribution in [3.8, 4) is 0 Å². The minimum atomic E-state index is -4.23. The summed E-state index contributed by atoms with van der Waals surface area (Å²) in [7, 11) is 0. The maximum Gasteiger partial charge on any atom is 0.398 e. The number of rotatable bonds is 6. The van der Waals surface area contributed by atoms with Gasteiger partial charge in [0.05, 0.1) is 17.3 Å². The maximum absolute atomic E-state index is 14.1. The summed E-state index contributed by atoms with van der Waals surface area (Å²) in [5, 5.41) is 9.76. The van der Waals surface area contributed by atoms with Crippen LogP contribution in [0.5, 0.6) is 0 Å². The van der Waals surface area contributed by atoms with E-state index in [2.05, 4.69) is 15.4 Å². The minimum Gasteiger partial charge on any atom is -0.339 e. The molecular formula is C19H20F4N4O. The fraction of sp³-hybridized carbons (Fsp3) is 0.526. The Morgan fingerprint density at radius 2 is 1.93 bits per heavy atom. The molecule has 1 amide bonds. The van der Waals surface area contributed by atoms with Crippen LogP contribution in [0.1, 0.15) is 42.0 Å². The van der Waals surface area contributed by atoms with Crippen molar-refractivity contribution in [1.29, 1.82) is 0 Å². The van der Waals surface area contributed by atoms with Crippen LogP contribution in [0.15, 0.2) is 30.5 Å². The predicted molar refractivity (Wildman–Crippen MR) is 92.3 cm³/mol. The average molecular weight is 396 g/mol. The fourth-order valence-electron chi connectivity index (χ4n) is 3.75. The van der Waals surface area contributed by atoms with Gasteiger partial charge in [0.25, 0.3) is 5.91 Å². The zero-order chi connectivity index (χ0) is 19.9. The van der Waals surface area contributed by atoms with Crippen LogP contribution in [0.2, 0.25) is 0 Å². The van der Waals surface area contributed by atoms with Gasteiger partial charge in [0.2, 0.25) is 0 Å². The number of amides is 1. The van der Waals surface area contributed by atoms with Crippen LogP contribution in [0.4, 0.5) is 17.6 Å². The molecule has 1 aromatic carbocycles. The highest BCUT2D eigenvalue weighted by Gasteiger charge is 2.64. The number of carbonyl (C=O) groups is 1. The summed E-state index contributed by atoms with van der Waals surface area (Å²) in [6.07, 6.45) is -3.66. The first-order valence-corrected chi connectivity index (χ1v) is 9.25. The van der Waals surface area contributed by atoms with E-state index < -0.39 is 23.7 Å². The van der Waals surface area contributed by atoms with E-state index in [0.29, 0.717) is 30.8 Å². The number of benzene rings is 1. The summed E-state index contributed by atoms with van der Waals surface area (Å²) in [5.74, 6) is -0.516. The number of carbonyl (C=O) groups excluding carboxylic acids is 1. The second-order valence-corrected chi connectivity index (χ2v) is 7.63. The predicted octanol–water partition coefficient (Wildman–Crippen LogP) is 3.30. The summed E-state index contributed by atoms with van der Waals surface area (Å²) < 4.78 is 53.7. The second-order valence-electron chi connectivity index (χ2n) is 7.63. The number of aryl methyl sites for hydroxylation is 1. The van der Waals surface area contributed by atoms with Crippen molar-refractivity contribution in [2.24, 2.45) is 0 Å². The molecule has 9 heteroatoms. The van der Waals surface area contributed by atoms with Crippen LogP contribution in [-0.2, 0) is 16.6 Å². The van der Waals surface area contributed by atoms with Crippen LogP contribution in [-0.4, -0.2) is 51.7 Å². The lowest BCUT2D eigenvalue weighted by molar-refractivity contribution is -0.160. The molecule has 2 aromatic rings. The molecule has 2 aliphatic rings. The van der Waals surface area contributed by atoms with Gasteiger partial charge in [-0.15, -0.1) is 5.10 Å². The van der Waals surface area contributed by atoms with Crippen molar-refractivity contribution < 1.29 is 22.4 Å². The second kappa shape index (κ2) is 6.86. The van der Waals surface area contributed by atoms with Crippen molar-refractivity contribution in [3.63, 3.8) is 0 Å². The van der Waals surface area contributed by atoms with E-state index in [1.165, 1.54) is 23.2 Å². The SMILES string of the molecule is O=C(C(F)CCc1cnn[nH]1)N1CC(c2ccc(C3(C(F)(F)F)CC3)cc2)C1. The van der Waals surface area contributed by atoms with E-state index in [1.807, 2.05) is 0 Å². The molecule has 1 aliphatic carbocycles. The Morgan fingerprint density at radius 1 is 1.25 bits per heavy atom. The third kappa shape index (κ3) is 3.38. The minimum absolute atomic E-state index is 0.0306. The van der Waals surface area contributed by atoms with Gasteiger partial charge in [0.1, 0.15) is 0 Å². The van der Waals surface area contributed by atoms with E-state index in [1.54, 1.807) is 12.1 Å². The number of nitrogens with zero attached hydrogens (tertiary/aromatic N) is 3. The lowest BCUT2D eigenvalue weighted by atomic mass is 9.87. The van der Waals surface area contributed by atoms with Crippen LogP contribution in [0, 0.1) is 0 Å². The molecule has 5 nitrogen and oxygen atoms in total. The third-order valence-electron chi connectivity index (χ3n) is 5.82. The zero-order valence-corrected chi connectivity index (χ0v) is 15.0. The van der Waals surface area contributed by atoms with Gasteiger partial charge < -0.3 is 4.90 Å². The standard InChI is InChI=1S/C19H20F4N4O/c20-16(6-5-15-9-24-26-25-15)17(28)27-10-13(11-27)12-1-3-14(4-2-12)18(7-8-18)19(21,22)23/h1-4,9,13,16H,5-8,10-11H2,(H,24,25,26). The van der Waals surface area contributed by atoms with Gasteiger partial charge in [-0.25, -0.2) is 4.39 Å². The normalized spacial score (nSPS) is 19.9. The number of aromatic nitrogens is 3. The Kier molecular flexibility index (Phi) is 4.63. The van der Waals surface area contributed by atoms with E-state index in [0.717, 1.165) is 5.56 Å². The van der Waals surface area contributed by atoms with Gasteiger partial charge in [-0.05, 0) is 36.8 Å². The number of hydrogen-bond acceptors (Lipinski definition) is 3. The number of likely N-dealkylation sites (tertiary alicyclic amines) is 1. The molecule has 1 unspecified atom stereocenters. The Hall–Kier alpha value is -2.45. The summed E-state index contributed by atoms with van der Waals surface area (Å²) in [6.45, 7) is 0.767. The summed E-state index contributed by atoms with van der Waals surface area (Å²) in [6, 6.07) is 6.48. The molecule has 1 aliphatic heterocycles. The maximum atomic E-state index is 14.1. The first kappa shape index (κ1) is 18.9. The van der Waals surface area contributed by atoms with Crippen LogP contribution in [0.25, 0.3) is 0 Å². The molecular weight excluding hydrogens is 376 g/mol. The van der Waals surface area contributed by atoms with Crippen molar-refractivity contribution in [2.45, 2.75) is 49.4 Å². The Bertz CT molecular complexity index is 825. The van der Waals surface area contributed by atoms with Gasteiger partial charge in [0, 0.05) is 19.0 Å². The quantitative estimate of drug-likeness (QED) is 0.763. The van der Waals surface area contributed by atoms with Crippen LogP contribution in [0.3, 0.4) is 0 Å². The van der Waals surface area contributed by atoms with Gasteiger partial charge in [-0.3, -0.25) is 9.89 Å². The first-order chi connectivity index (χ1) is 13.3. The molecule has 150 valence electrons. The highest BCUT2D eigenvalue weighted by Crippen LogP contribution is 2.58. The smallest absolute Gasteiger partial charge is 0.339 e. The van der Waals surface area contributed by atoms with Gasteiger partial charge in [-0.1, -0.05) is 29.5 Å². The molecule has 0 bridgehead atoms. The number of halogens is 4. The van der Waals surface area contributed by atoms with Crippen molar-refractivity contribution in [2.75, 3.05) is 13.1 Å². The lowest BCUT2D eigenvalue weighted by Crippen LogP contribution is -2.51. The molecule has 1 N–H and O–H groups in total. The summed E-state index contributed by atoms with van der Waals surface area (Å²) >= 11 is 0. The number of aromatic amines is 1. The van der Waals surface area contributed by atoms with Gasteiger partial charge >= 0.3 is 6.18 Å². The van der Waals surface area contributed by atoms with Gasteiger partial charge in [0.15, 0.2) is 6.17 Å². The first-order valence-electron chi connectivity index (χ1n) is 9.25. The molecule has 2 fully saturated rings. The van der Waals surface area contributed by atoms with E-state index in [9.17, 15) is 22.4 Å². The number of nitrogens with one attached hydrogen (secondary N) is 1. The molecule has 0 spiro atoms. The molecule has 1 saturated heterocycles. The Morgan fingerprint density at radius 3 is 2.46 bits per heavy atom. The molecule has 1 saturated carbocycles. The topological polar surface area (TPSA) is 61.9 Å². The van der Waals surface area contributed by atoms with Crippen molar-refractivity contribution >= 4 is 5.91 Å². The Balaban J connectivity index is 1.29. The molecule has 0 radical (unpaired) electrons. The number of hydrogen-bond donors (Lipinski definition) is 1. The lowest BCUT2D eigenvalue weighted by Gasteiger charge is -2.40. The van der Waals surface area contributed by atoms with E-state index >= 15 is 0 Å². The monoisotopic (exact) mass is 396 g/mol. The van der Waals surface area contributed by atoms with E-state index in [4.69, 9.17) is 0 Å². The molecule has 1 aromatic heterocycles. The van der Waals surface area contributed by atoms with E-state index in [-0.39, 0.29) is 25.2 Å². The average Bonchev–Trinajstić information content (AvgIpc) is 3.29. The van der Waals surface area contributed by atoms with Gasteiger partial charge in [-0.2, -0.15) is 13.2 Å².